The summed E-state index contributed by atoms with van der Waals surface area (Å²) in [6, 6.07) is 1.87. The molecule has 2 aliphatic rings. The lowest BCUT2D eigenvalue weighted by Gasteiger charge is -2.34. The van der Waals surface area contributed by atoms with Crippen molar-refractivity contribution in [1.82, 2.24) is 20.2 Å². The molecule has 1 saturated heterocycles. The van der Waals surface area contributed by atoms with Gasteiger partial charge in [0.15, 0.2) is 0 Å². The Balaban J connectivity index is 1.30. The monoisotopic (exact) mass is 289 g/mol. The molecule has 0 unspecified atom stereocenters. The lowest BCUT2D eigenvalue weighted by atomic mass is 10.1. The Bertz CT molecular complexity index is 396. The van der Waals surface area contributed by atoms with Crippen LogP contribution in [-0.4, -0.2) is 60.7 Å². The van der Waals surface area contributed by atoms with E-state index in [1.54, 1.807) is 0 Å². The largest absolute Gasteiger partial charge is 0.338 e. The van der Waals surface area contributed by atoms with Crippen molar-refractivity contribution in [3.05, 3.63) is 18.5 Å². The Hall–Kier alpha value is -1.20. The van der Waals surface area contributed by atoms with E-state index in [9.17, 15) is 0 Å². The van der Waals surface area contributed by atoms with Gasteiger partial charge in [0.2, 0.25) is 5.95 Å². The van der Waals surface area contributed by atoms with Crippen LogP contribution in [0.25, 0.3) is 0 Å². The van der Waals surface area contributed by atoms with Crippen molar-refractivity contribution in [3.63, 3.8) is 0 Å². The zero-order valence-corrected chi connectivity index (χ0v) is 12.9. The van der Waals surface area contributed by atoms with Crippen LogP contribution in [0.4, 0.5) is 5.95 Å². The Morgan fingerprint density at radius 2 is 1.76 bits per heavy atom. The molecule has 1 saturated carbocycles. The number of hydrogen-bond donors (Lipinski definition) is 1. The molecule has 5 heteroatoms. The maximum Gasteiger partial charge on any atom is 0.225 e. The third-order valence-corrected chi connectivity index (χ3v) is 4.72. The van der Waals surface area contributed by atoms with Gasteiger partial charge < -0.3 is 10.2 Å². The fourth-order valence-electron chi connectivity index (χ4n) is 3.38. The number of aromatic nitrogens is 2. The van der Waals surface area contributed by atoms with Gasteiger partial charge in [0, 0.05) is 51.7 Å². The predicted octanol–water partition coefficient (Wildman–Crippen LogP) is 1.38. The normalized spacial score (nSPS) is 21.0. The molecule has 0 spiro atoms. The van der Waals surface area contributed by atoms with Gasteiger partial charge in [-0.1, -0.05) is 12.8 Å². The highest BCUT2D eigenvalue weighted by atomic mass is 15.3. The van der Waals surface area contributed by atoms with Crippen LogP contribution in [0, 0.1) is 5.92 Å². The van der Waals surface area contributed by atoms with Crippen LogP contribution in [0.5, 0.6) is 0 Å². The first kappa shape index (κ1) is 14.7. The highest BCUT2D eigenvalue weighted by Gasteiger charge is 2.18. The first-order chi connectivity index (χ1) is 10.4. The maximum absolute atomic E-state index is 4.33. The van der Waals surface area contributed by atoms with E-state index in [0.29, 0.717) is 0 Å². The van der Waals surface area contributed by atoms with E-state index in [0.717, 1.165) is 51.1 Å². The van der Waals surface area contributed by atoms with Crippen LogP contribution in [0.1, 0.15) is 25.7 Å². The molecule has 0 atom stereocenters. The van der Waals surface area contributed by atoms with Crippen LogP contribution in [0.15, 0.2) is 18.5 Å². The van der Waals surface area contributed by atoms with Crippen LogP contribution in [-0.2, 0) is 0 Å². The average molecular weight is 289 g/mol. The summed E-state index contributed by atoms with van der Waals surface area (Å²) in [7, 11) is 0. The Morgan fingerprint density at radius 1 is 1.05 bits per heavy atom. The summed E-state index contributed by atoms with van der Waals surface area (Å²) in [5, 5.41) is 3.64. The second kappa shape index (κ2) is 7.71. The molecule has 1 aromatic heterocycles. The molecule has 1 aliphatic heterocycles. The highest BCUT2D eigenvalue weighted by molar-refractivity contribution is 5.29. The molecule has 1 N–H and O–H groups in total. The van der Waals surface area contributed by atoms with Gasteiger partial charge in [-0.15, -0.1) is 0 Å². The lowest BCUT2D eigenvalue weighted by Crippen LogP contribution is -2.48. The number of nitrogens with zero attached hydrogens (tertiary/aromatic N) is 4. The third kappa shape index (κ3) is 4.38. The van der Waals surface area contributed by atoms with Crippen molar-refractivity contribution in [2.45, 2.75) is 25.7 Å². The van der Waals surface area contributed by atoms with Crippen molar-refractivity contribution >= 4 is 5.95 Å². The number of rotatable bonds is 6. The van der Waals surface area contributed by atoms with Crippen molar-refractivity contribution < 1.29 is 0 Å². The Morgan fingerprint density at radius 3 is 2.48 bits per heavy atom. The lowest BCUT2D eigenvalue weighted by molar-refractivity contribution is 0.254. The minimum Gasteiger partial charge on any atom is -0.338 e. The Labute approximate surface area is 127 Å². The van der Waals surface area contributed by atoms with Crippen molar-refractivity contribution in [2.75, 3.05) is 50.7 Å². The molecule has 1 aliphatic carbocycles. The standard InChI is InChI=1S/C16H27N5/c1-2-5-15(4-1)14-17-8-9-20-10-12-21(13-11-20)16-18-6-3-7-19-16/h3,6-7,15,17H,1-2,4-5,8-14H2. The van der Waals surface area contributed by atoms with E-state index in [1.807, 2.05) is 18.5 Å². The first-order valence-corrected chi connectivity index (χ1v) is 8.37. The summed E-state index contributed by atoms with van der Waals surface area (Å²) < 4.78 is 0. The topological polar surface area (TPSA) is 44.3 Å². The van der Waals surface area contributed by atoms with Crippen LogP contribution >= 0.6 is 0 Å². The van der Waals surface area contributed by atoms with E-state index in [1.165, 1.54) is 32.2 Å². The van der Waals surface area contributed by atoms with Gasteiger partial charge in [-0.2, -0.15) is 0 Å². The molecule has 5 nitrogen and oxygen atoms in total. The van der Waals surface area contributed by atoms with E-state index in [-0.39, 0.29) is 0 Å². The quantitative estimate of drug-likeness (QED) is 0.802. The van der Waals surface area contributed by atoms with Gasteiger partial charge in [0.25, 0.3) is 0 Å². The molecule has 3 rings (SSSR count). The summed E-state index contributed by atoms with van der Waals surface area (Å²) in [4.78, 5) is 13.5. The first-order valence-electron chi connectivity index (χ1n) is 8.37. The summed E-state index contributed by atoms with van der Waals surface area (Å²) in [5.74, 6) is 1.81. The van der Waals surface area contributed by atoms with Crippen LogP contribution in [0.2, 0.25) is 0 Å². The molecular weight excluding hydrogens is 262 g/mol. The molecule has 0 bridgehead atoms. The van der Waals surface area contributed by atoms with Crippen LogP contribution < -0.4 is 10.2 Å². The molecular formula is C16H27N5. The van der Waals surface area contributed by atoms with Gasteiger partial charge in [0.05, 0.1) is 0 Å². The molecule has 116 valence electrons. The zero-order chi connectivity index (χ0) is 14.3. The van der Waals surface area contributed by atoms with E-state index in [4.69, 9.17) is 0 Å². The second-order valence-corrected chi connectivity index (χ2v) is 6.23. The summed E-state index contributed by atoms with van der Waals surface area (Å²) >= 11 is 0. The number of anilines is 1. The van der Waals surface area contributed by atoms with Gasteiger partial charge in [0.1, 0.15) is 0 Å². The second-order valence-electron chi connectivity index (χ2n) is 6.23. The SMILES string of the molecule is c1cnc(N2CCN(CCNCC3CCCC3)CC2)nc1. The maximum atomic E-state index is 4.33. The van der Waals surface area contributed by atoms with E-state index in [2.05, 4.69) is 25.1 Å². The van der Waals surface area contributed by atoms with Crippen molar-refractivity contribution in [2.24, 2.45) is 5.92 Å². The van der Waals surface area contributed by atoms with E-state index < -0.39 is 0 Å². The molecule has 2 fully saturated rings. The molecule has 2 heterocycles. The molecule has 0 radical (unpaired) electrons. The average Bonchev–Trinajstić information content (AvgIpc) is 3.06. The number of hydrogen-bond acceptors (Lipinski definition) is 5. The fraction of sp³-hybridized carbons (Fsp3) is 0.750. The summed E-state index contributed by atoms with van der Waals surface area (Å²) in [6.07, 6.45) is 9.39. The minimum atomic E-state index is 0.872. The Kier molecular flexibility index (Phi) is 5.40. The number of piperazine rings is 1. The summed E-state index contributed by atoms with van der Waals surface area (Å²) in [6.45, 7) is 7.80. The highest BCUT2D eigenvalue weighted by Crippen LogP contribution is 2.23. The zero-order valence-electron chi connectivity index (χ0n) is 12.9. The molecule has 1 aromatic rings. The van der Waals surface area contributed by atoms with Gasteiger partial charge in [-0.3, -0.25) is 4.90 Å². The van der Waals surface area contributed by atoms with Gasteiger partial charge >= 0.3 is 0 Å². The molecule has 0 amide bonds. The third-order valence-electron chi connectivity index (χ3n) is 4.72. The van der Waals surface area contributed by atoms with Crippen molar-refractivity contribution in [1.29, 1.82) is 0 Å². The fourth-order valence-corrected chi connectivity index (χ4v) is 3.38. The number of nitrogens with one attached hydrogen (secondary N) is 1. The summed E-state index contributed by atoms with van der Waals surface area (Å²) in [5.41, 5.74) is 0. The van der Waals surface area contributed by atoms with Crippen LogP contribution in [0.3, 0.4) is 0 Å². The van der Waals surface area contributed by atoms with Gasteiger partial charge in [-0.05, 0) is 31.4 Å². The van der Waals surface area contributed by atoms with Crippen molar-refractivity contribution in [3.8, 4) is 0 Å². The predicted molar refractivity (Wildman–Crippen MR) is 85.5 cm³/mol. The van der Waals surface area contributed by atoms with E-state index >= 15 is 0 Å². The molecule has 0 aromatic carbocycles. The minimum absolute atomic E-state index is 0.872. The van der Waals surface area contributed by atoms with Gasteiger partial charge in [-0.25, -0.2) is 9.97 Å². The smallest absolute Gasteiger partial charge is 0.225 e. The molecule has 21 heavy (non-hydrogen) atoms.